The van der Waals surface area contributed by atoms with Gasteiger partial charge in [0.05, 0.1) is 6.54 Å². The fourth-order valence-electron chi connectivity index (χ4n) is 3.69. The molecule has 1 aliphatic rings. The van der Waals surface area contributed by atoms with Crippen LogP contribution in [-0.2, 0) is 16.9 Å². The molecule has 0 bridgehead atoms. The molecule has 1 fully saturated rings. The van der Waals surface area contributed by atoms with Crippen molar-refractivity contribution < 1.29 is 14.4 Å². The van der Waals surface area contributed by atoms with Gasteiger partial charge in [-0.3, -0.25) is 14.5 Å². The van der Waals surface area contributed by atoms with E-state index in [1.807, 2.05) is 38.1 Å². The molecule has 0 radical (unpaired) electrons. The molecule has 27 heavy (non-hydrogen) atoms. The fourth-order valence-corrected chi connectivity index (χ4v) is 3.69. The summed E-state index contributed by atoms with van der Waals surface area (Å²) in [7, 11) is 0. The van der Waals surface area contributed by atoms with Gasteiger partial charge in [0.15, 0.2) is 5.78 Å². The Morgan fingerprint density at radius 1 is 1.15 bits per heavy atom. The van der Waals surface area contributed by atoms with Crippen molar-refractivity contribution in [2.45, 2.75) is 46.2 Å². The lowest BCUT2D eigenvalue weighted by Gasteiger charge is -2.22. The molecule has 1 aromatic carbocycles. The minimum Gasteiger partial charge on any atom is -0.348 e. The number of aryl methyl sites for hydroxylation is 1. The number of benzene rings is 1. The zero-order valence-corrected chi connectivity index (χ0v) is 16.2. The molecule has 1 aliphatic heterocycles. The largest absolute Gasteiger partial charge is 0.348 e. The van der Waals surface area contributed by atoms with E-state index < -0.39 is 17.5 Å². The number of urea groups is 1. The number of rotatable bonds is 6. The molecule has 3 rings (SSSR count). The van der Waals surface area contributed by atoms with Gasteiger partial charge in [-0.15, -0.1) is 0 Å². The summed E-state index contributed by atoms with van der Waals surface area (Å²) in [6.45, 7) is 8.18. The third-order valence-corrected chi connectivity index (χ3v) is 5.25. The van der Waals surface area contributed by atoms with Crippen LogP contribution in [0.1, 0.15) is 47.6 Å². The van der Waals surface area contributed by atoms with Gasteiger partial charge in [0, 0.05) is 23.5 Å². The monoisotopic (exact) mass is 367 g/mol. The van der Waals surface area contributed by atoms with E-state index in [0.29, 0.717) is 11.1 Å². The summed E-state index contributed by atoms with van der Waals surface area (Å²) in [5, 5.41) is 2.73. The third-order valence-electron chi connectivity index (χ3n) is 5.25. The predicted molar refractivity (Wildman–Crippen MR) is 103 cm³/mol. The Kier molecular flexibility index (Phi) is 4.91. The molecule has 2 heterocycles. The second-order valence-corrected chi connectivity index (χ2v) is 7.17. The molecule has 2 aromatic rings. The summed E-state index contributed by atoms with van der Waals surface area (Å²) in [6, 6.07) is 10.4. The van der Waals surface area contributed by atoms with E-state index in [1.54, 1.807) is 19.1 Å². The van der Waals surface area contributed by atoms with Crippen LogP contribution in [0.25, 0.3) is 0 Å². The average Bonchev–Trinajstić information content (AvgIpc) is 3.05. The number of hydrogen-bond acceptors (Lipinski definition) is 3. The van der Waals surface area contributed by atoms with Gasteiger partial charge in [0.2, 0.25) is 0 Å². The van der Waals surface area contributed by atoms with Crippen molar-refractivity contribution in [3.8, 4) is 0 Å². The highest BCUT2D eigenvalue weighted by Gasteiger charge is 2.49. The molecule has 6 nitrogen and oxygen atoms in total. The minimum atomic E-state index is -1.16. The molecule has 1 aromatic heterocycles. The molecule has 142 valence electrons. The molecular weight excluding hydrogens is 342 g/mol. The zero-order valence-electron chi connectivity index (χ0n) is 16.2. The fraction of sp³-hybridized carbons (Fsp3) is 0.381. The van der Waals surface area contributed by atoms with E-state index in [-0.39, 0.29) is 12.3 Å². The Bertz CT molecular complexity index is 901. The van der Waals surface area contributed by atoms with Crippen LogP contribution in [0.4, 0.5) is 4.79 Å². The van der Waals surface area contributed by atoms with Crippen LogP contribution in [0, 0.1) is 13.8 Å². The number of amides is 3. The molecular formula is C21H25N3O3. The number of carbonyl (C=O) groups is 3. The summed E-state index contributed by atoms with van der Waals surface area (Å²) >= 11 is 0. The Morgan fingerprint density at radius 3 is 2.44 bits per heavy atom. The van der Waals surface area contributed by atoms with E-state index in [1.165, 1.54) is 0 Å². The first-order valence-corrected chi connectivity index (χ1v) is 9.19. The molecule has 0 spiro atoms. The first kappa shape index (κ1) is 18.9. The van der Waals surface area contributed by atoms with Gasteiger partial charge in [-0.1, -0.05) is 37.3 Å². The minimum absolute atomic E-state index is 0.230. The van der Waals surface area contributed by atoms with Crippen molar-refractivity contribution in [1.82, 2.24) is 14.8 Å². The van der Waals surface area contributed by atoms with E-state index in [4.69, 9.17) is 0 Å². The van der Waals surface area contributed by atoms with Gasteiger partial charge >= 0.3 is 6.03 Å². The molecule has 1 atom stereocenters. The lowest BCUT2D eigenvalue weighted by atomic mass is 9.92. The lowest BCUT2D eigenvalue weighted by molar-refractivity contribution is -0.130. The van der Waals surface area contributed by atoms with Gasteiger partial charge in [-0.25, -0.2) is 4.79 Å². The van der Waals surface area contributed by atoms with Crippen LogP contribution in [0.15, 0.2) is 36.4 Å². The third kappa shape index (κ3) is 3.16. The molecule has 0 aliphatic carbocycles. The van der Waals surface area contributed by atoms with E-state index >= 15 is 0 Å². The average molecular weight is 367 g/mol. The first-order chi connectivity index (χ1) is 12.8. The predicted octanol–water partition coefficient (Wildman–Crippen LogP) is 3.16. The van der Waals surface area contributed by atoms with Crippen molar-refractivity contribution in [2.24, 2.45) is 0 Å². The van der Waals surface area contributed by atoms with Crippen LogP contribution >= 0.6 is 0 Å². The zero-order chi connectivity index (χ0) is 19.8. The maximum absolute atomic E-state index is 12.9. The summed E-state index contributed by atoms with van der Waals surface area (Å²) in [5.41, 5.74) is 1.98. The van der Waals surface area contributed by atoms with E-state index in [9.17, 15) is 14.4 Å². The summed E-state index contributed by atoms with van der Waals surface area (Å²) in [4.78, 5) is 39.2. The van der Waals surface area contributed by atoms with Crippen molar-refractivity contribution in [3.63, 3.8) is 0 Å². The topological polar surface area (TPSA) is 71.4 Å². The van der Waals surface area contributed by atoms with Gasteiger partial charge in [0.1, 0.15) is 5.54 Å². The Morgan fingerprint density at radius 2 is 1.81 bits per heavy atom. The molecule has 0 unspecified atom stereocenters. The Hall–Kier alpha value is -2.89. The SMILES string of the molecule is CCCn1c(C)cc(C(=O)CN2C(=O)N[C@@](C)(c3ccccc3)C2=O)c1C. The molecule has 1 N–H and O–H groups in total. The van der Waals surface area contributed by atoms with Crippen LogP contribution in [-0.4, -0.2) is 33.7 Å². The number of nitrogens with zero attached hydrogens (tertiary/aromatic N) is 2. The summed E-state index contributed by atoms with van der Waals surface area (Å²) in [5.74, 6) is -0.638. The Labute approximate surface area is 159 Å². The highest BCUT2D eigenvalue weighted by molar-refractivity contribution is 6.11. The van der Waals surface area contributed by atoms with Crippen molar-refractivity contribution >= 4 is 17.7 Å². The van der Waals surface area contributed by atoms with Crippen molar-refractivity contribution in [3.05, 3.63) is 58.9 Å². The second kappa shape index (κ2) is 7.02. The van der Waals surface area contributed by atoms with Gasteiger partial charge in [-0.2, -0.15) is 0 Å². The Balaban J connectivity index is 1.84. The molecule has 0 saturated carbocycles. The van der Waals surface area contributed by atoms with Gasteiger partial charge in [0.25, 0.3) is 5.91 Å². The quantitative estimate of drug-likeness (QED) is 0.630. The number of aromatic nitrogens is 1. The number of nitrogens with one attached hydrogen (secondary N) is 1. The number of hydrogen-bond donors (Lipinski definition) is 1. The number of carbonyl (C=O) groups excluding carboxylic acids is 3. The van der Waals surface area contributed by atoms with Crippen molar-refractivity contribution in [1.29, 1.82) is 0 Å². The van der Waals surface area contributed by atoms with Crippen LogP contribution in [0.3, 0.4) is 0 Å². The van der Waals surface area contributed by atoms with Gasteiger partial charge < -0.3 is 9.88 Å². The number of Topliss-reactive ketones (excluding diaryl/α,β-unsaturated/α-hetero) is 1. The number of ketones is 1. The molecule has 1 saturated heterocycles. The standard InChI is InChI=1S/C21H25N3O3/c1-5-11-23-14(2)12-17(15(23)3)18(25)13-24-19(26)21(4,22-20(24)27)16-9-7-6-8-10-16/h6-10,12H,5,11,13H2,1-4H3,(H,22,27)/t21-/m0/s1. The normalized spacial score (nSPS) is 19.5. The van der Waals surface area contributed by atoms with Gasteiger partial charge in [-0.05, 0) is 38.8 Å². The first-order valence-electron chi connectivity index (χ1n) is 9.19. The van der Waals surface area contributed by atoms with E-state index in [0.717, 1.165) is 29.3 Å². The van der Waals surface area contributed by atoms with Crippen LogP contribution in [0.2, 0.25) is 0 Å². The number of imide groups is 1. The second-order valence-electron chi connectivity index (χ2n) is 7.17. The summed E-state index contributed by atoms with van der Waals surface area (Å²) < 4.78 is 2.09. The highest BCUT2D eigenvalue weighted by atomic mass is 16.2. The maximum Gasteiger partial charge on any atom is 0.325 e. The van der Waals surface area contributed by atoms with Crippen LogP contribution < -0.4 is 5.32 Å². The smallest absolute Gasteiger partial charge is 0.325 e. The maximum atomic E-state index is 12.9. The lowest BCUT2D eigenvalue weighted by Crippen LogP contribution is -2.41. The van der Waals surface area contributed by atoms with E-state index in [2.05, 4.69) is 16.8 Å². The van der Waals surface area contributed by atoms with Crippen molar-refractivity contribution in [2.75, 3.05) is 6.54 Å². The van der Waals surface area contributed by atoms with Crippen LogP contribution in [0.5, 0.6) is 0 Å². The summed E-state index contributed by atoms with van der Waals surface area (Å²) in [6.07, 6.45) is 0.965. The highest BCUT2D eigenvalue weighted by Crippen LogP contribution is 2.29. The molecule has 3 amide bonds. The molecule has 6 heteroatoms.